The number of benzene rings is 5. The number of rotatable bonds is 0. The quantitative estimate of drug-likeness (QED) is 0.201. The number of hydrogen-bond acceptors (Lipinski definition) is 4. The minimum atomic E-state index is -0.329. The number of carbonyl (C=O) groups is 4. The lowest BCUT2D eigenvalue weighted by atomic mass is 9.55. The van der Waals surface area contributed by atoms with Crippen molar-refractivity contribution in [3.05, 3.63) is 144 Å². The van der Waals surface area contributed by atoms with Crippen LogP contribution in [0.2, 0.25) is 0 Å². The van der Waals surface area contributed by atoms with Crippen LogP contribution in [0, 0.1) is 11.8 Å². The van der Waals surface area contributed by atoms with Crippen LogP contribution in [0.4, 0.5) is 0 Å². The molecule has 4 amide bonds. The van der Waals surface area contributed by atoms with Gasteiger partial charge in [-0.05, 0) is 55.9 Å². The van der Waals surface area contributed by atoms with Gasteiger partial charge in [0.1, 0.15) is 0 Å². The van der Waals surface area contributed by atoms with Crippen LogP contribution in [0.1, 0.15) is 34.1 Å². The molecular formula is C36H26N2O4. The van der Waals surface area contributed by atoms with Crippen LogP contribution in [0.25, 0.3) is 21.5 Å². The Labute approximate surface area is 242 Å². The van der Waals surface area contributed by atoms with Gasteiger partial charge in [0.25, 0.3) is 11.8 Å². The Morgan fingerprint density at radius 2 is 0.714 bits per heavy atom. The smallest absolute Gasteiger partial charge is 0.250 e. The van der Waals surface area contributed by atoms with E-state index in [-0.39, 0.29) is 47.3 Å². The Hall–Kier alpha value is -5.36. The fourth-order valence-corrected chi connectivity index (χ4v) is 6.83. The van der Waals surface area contributed by atoms with Gasteiger partial charge in [-0.25, -0.2) is 0 Å². The van der Waals surface area contributed by atoms with E-state index in [0.717, 1.165) is 0 Å². The number of hydrogen-bond donors (Lipinski definition) is 2. The number of nitrogens with one attached hydrogen (secondary N) is 2. The van der Waals surface area contributed by atoms with Crippen molar-refractivity contribution in [1.82, 2.24) is 10.6 Å². The molecular weight excluding hydrogens is 524 g/mol. The Balaban J connectivity index is 0.000000118. The van der Waals surface area contributed by atoms with E-state index < -0.39 is 0 Å². The highest BCUT2D eigenvalue weighted by Gasteiger charge is 2.58. The molecule has 5 aliphatic rings. The summed E-state index contributed by atoms with van der Waals surface area (Å²) in [5, 5.41) is 9.82. The Kier molecular flexibility index (Phi) is 6.24. The predicted molar refractivity (Wildman–Crippen MR) is 160 cm³/mol. The van der Waals surface area contributed by atoms with Crippen molar-refractivity contribution < 1.29 is 19.2 Å². The molecule has 204 valence electrons. The van der Waals surface area contributed by atoms with Crippen LogP contribution in [0.5, 0.6) is 0 Å². The second-order valence-electron chi connectivity index (χ2n) is 10.9. The van der Waals surface area contributed by atoms with E-state index in [9.17, 15) is 19.2 Å². The fraction of sp³-hybridized carbons (Fsp3) is 0.111. The standard InChI is InChI=1S/C18H13NO2.C14H10.C4H3NO2/c20-17-15-13-9-5-1-2-6-10(9)14(16(15)18(21)19-17)12-8-4-3-7-11(12)13;1-2-6-12-10-14-8-4-3-7-13(14)9-11(12)5-1;6-3-1-2-4(7)5-3/h1-8,13-16H,(H,19,20,21);1-10H;1-2H,(H,5,6,7). The second-order valence-corrected chi connectivity index (χ2v) is 10.9. The van der Waals surface area contributed by atoms with E-state index >= 15 is 0 Å². The van der Waals surface area contributed by atoms with Crippen molar-refractivity contribution in [2.45, 2.75) is 11.8 Å². The minimum Gasteiger partial charge on any atom is -0.296 e. The number of carbonyl (C=O) groups excluding carboxylic acids is 4. The summed E-state index contributed by atoms with van der Waals surface area (Å²) < 4.78 is 0. The molecule has 6 heteroatoms. The molecule has 0 aromatic heterocycles. The van der Waals surface area contributed by atoms with Crippen LogP contribution < -0.4 is 10.6 Å². The molecule has 2 unspecified atom stereocenters. The van der Waals surface area contributed by atoms with Gasteiger partial charge in [0.15, 0.2) is 0 Å². The fourth-order valence-electron chi connectivity index (χ4n) is 6.83. The summed E-state index contributed by atoms with van der Waals surface area (Å²) in [7, 11) is 0. The molecule has 42 heavy (non-hydrogen) atoms. The van der Waals surface area contributed by atoms with Gasteiger partial charge in [-0.3, -0.25) is 29.8 Å². The van der Waals surface area contributed by atoms with Crippen molar-refractivity contribution >= 4 is 45.2 Å². The monoisotopic (exact) mass is 550 g/mol. The van der Waals surface area contributed by atoms with Gasteiger partial charge >= 0.3 is 0 Å². The van der Waals surface area contributed by atoms with Gasteiger partial charge in [-0.1, -0.05) is 97.1 Å². The van der Waals surface area contributed by atoms with E-state index in [4.69, 9.17) is 0 Å². The first-order valence-electron chi connectivity index (χ1n) is 13.9. The van der Waals surface area contributed by atoms with E-state index in [2.05, 4.69) is 90.2 Å². The highest BCUT2D eigenvalue weighted by atomic mass is 16.2. The third kappa shape index (κ3) is 4.29. The van der Waals surface area contributed by atoms with E-state index in [1.165, 1.54) is 56.0 Å². The van der Waals surface area contributed by atoms with Crippen molar-refractivity contribution in [1.29, 1.82) is 0 Å². The highest BCUT2D eigenvalue weighted by Crippen LogP contribution is 2.59. The van der Waals surface area contributed by atoms with Gasteiger partial charge in [0, 0.05) is 24.0 Å². The van der Waals surface area contributed by atoms with Crippen LogP contribution in [-0.2, 0) is 19.2 Å². The van der Waals surface area contributed by atoms with Gasteiger partial charge < -0.3 is 0 Å². The predicted octanol–water partition coefficient (Wildman–Crippen LogP) is 5.36. The number of fused-ring (bicyclic) bond motifs is 2. The van der Waals surface area contributed by atoms with Crippen molar-refractivity contribution in [3.63, 3.8) is 0 Å². The zero-order valence-electron chi connectivity index (χ0n) is 22.5. The Bertz CT molecular complexity index is 1720. The molecule has 10 rings (SSSR count). The summed E-state index contributed by atoms with van der Waals surface area (Å²) in [4.78, 5) is 44.7. The van der Waals surface area contributed by atoms with Gasteiger partial charge in [-0.15, -0.1) is 0 Å². The average molecular weight is 551 g/mol. The lowest BCUT2D eigenvalue weighted by Crippen LogP contribution is -2.41. The van der Waals surface area contributed by atoms with Crippen LogP contribution in [0.3, 0.4) is 0 Å². The second kappa shape index (κ2) is 10.2. The molecule has 2 bridgehead atoms. The largest absolute Gasteiger partial charge is 0.296 e. The third-order valence-corrected chi connectivity index (χ3v) is 8.54. The molecule has 0 spiro atoms. The molecule has 2 N–H and O–H groups in total. The molecule has 5 aromatic rings. The first kappa shape index (κ1) is 25.6. The maximum Gasteiger partial charge on any atom is 0.250 e. The molecule has 6 nitrogen and oxygen atoms in total. The lowest BCUT2D eigenvalue weighted by molar-refractivity contribution is -0.127. The summed E-state index contributed by atoms with van der Waals surface area (Å²) in [6.45, 7) is 0. The van der Waals surface area contributed by atoms with Crippen LogP contribution in [-0.4, -0.2) is 23.6 Å². The molecule has 2 atom stereocenters. The minimum absolute atomic E-state index is 0.0128. The summed E-state index contributed by atoms with van der Waals surface area (Å²) in [5.74, 6) is -1.33. The number of amides is 4. The molecule has 0 radical (unpaired) electrons. The Morgan fingerprint density at radius 3 is 1.00 bits per heavy atom. The molecule has 5 aromatic carbocycles. The summed E-state index contributed by atoms with van der Waals surface area (Å²) in [5.41, 5.74) is 4.86. The maximum absolute atomic E-state index is 12.3. The summed E-state index contributed by atoms with van der Waals surface area (Å²) in [6, 6.07) is 37.9. The molecule has 2 heterocycles. The van der Waals surface area contributed by atoms with Crippen molar-refractivity contribution in [2.75, 3.05) is 0 Å². The topological polar surface area (TPSA) is 92.3 Å². The van der Waals surface area contributed by atoms with Crippen LogP contribution in [0.15, 0.2) is 121 Å². The first-order valence-corrected chi connectivity index (χ1v) is 13.9. The van der Waals surface area contributed by atoms with Gasteiger partial charge in [0.2, 0.25) is 11.8 Å². The van der Waals surface area contributed by atoms with Crippen molar-refractivity contribution in [3.8, 4) is 0 Å². The molecule has 2 aliphatic heterocycles. The lowest BCUT2D eigenvalue weighted by Gasteiger charge is -2.45. The normalized spacial score (nSPS) is 22.3. The SMILES string of the molecule is O=C1C=CC(=O)N1.O=C1NC(=O)C2C3c4ccccc4C(c4ccccc43)C12.c1ccc2cc3ccccc3cc2c1. The molecule has 1 saturated heterocycles. The van der Waals surface area contributed by atoms with E-state index in [1.54, 1.807) is 0 Å². The highest BCUT2D eigenvalue weighted by molar-refractivity contribution is 6.12. The van der Waals surface area contributed by atoms with Gasteiger partial charge in [-0.2, -0.15) is 0 Å². The summed E-state index contributed by atoms with van der Waals surface area (Å²) in [6.07, 6.45) is 2.39. The molecule has 0 saturated carbocycles. The molecule has 3 aliphatic carbocycles. The van der Waals surface area contributed by atoms with Crippen LogP contribution >= 0.6 is 0 Å². The first-order chi connectivity index (χ1) is 20.5. The summed E-state index contributed by atoms with van der Waals surface area (Å²) >= 11 is 0. The van der Waals surface area contributed by atoms with Crippen molar-refractivity contribution in [2.24, 2.45) is 11.8 Å². The molecule has 1 fully saturated rings. The third-order valence-electron chi connectivity index (χ3n) is 8.54. The van der Waals surface area contributed by atoms with E-state index in [1.807, 2.05) is 29.6 Å². The van der Waals surface area contributed by atoms with Gasteiger partial charge in [0.05, 0.1) is 11.8 Å². The zero-order valence-corrected chi connectivity index (χ0v) is 22.5. The zero-order chi connectivity index (χ0) is 28.8. The number of imide groups is 2. The van der Waals surface area contributed by atoms with E-state index in [0.29, 0.717) is 0 Å². The maximum atomic E-state index is 12.3. The Morgan fingerprint density at radius 1 is 0.405 bits per heavy atom. The average Bonchev–Trinajstić information content (AvgIpc) is 3.56.